The van der Waals surface area contributed by atoms with Gasteiger partial charge in [0.05, 0.1) is 4.90 Å². The summed E-state index contributed by atoms with van der Waals surface area (Å²) in [5.41, 5.74) is 0.334. The predicted molar refractivity (Wildman–Crippen MR) is 71.9 cm³/mol. The molecule has 0 aromatic heterocycles. The molecular formula is C13H19FN2O2S. The van der Waals surface area contributed by atoms with Crippen molar-refractivity contribution in [2.75, 3.05) is 13.1 Å². The van der Waals surface area contributed by atoms with Crippen LogP contribution in [0.4, 0.5) is 4.39 Å². The van der Waals surface area contributed by atoms with Gasteiger partial charge in [0.25, 0.3) is 0 Å². The standard InChI is InChI=1S/C13H19FN2O2S/c1-9-7-11(3-4-12(9)14)19(17,18)16-13-5-6-15-8-10(13)2/h3-4,7,10,13,15-16H,5-6,8H2,1-2H3. The molecule has 0 radical (unpaired) electrons. The first kappa shape index (κ1) is 14.4. The van der Waals surface area contributed by atoms with Gasteiger partial charge in [0.2, 0.25) is 10.0 Å². The summed E-state index contributed by atoms with van der Waals surface area (Å²) >= 11 is 0. The number of piperidine rings is 1. The van der Waals surface area contributed by atoms with Gasteiger partial charge in [-0.2, -0.15) is 0 Å². The van der Waals surface area contributed by atoms with Crippen molar-refractivity contribution in [3.05, 3.63) is 29.6 Å². The predicted octanol–water partition coefficient (Wildman–Crippen LogP) is 1.41. The summed E-state index contributed by atoms with van der Waals surface area (Å²) < 4.78 is 40.4. The largest absolute Gasteiger partial charge is 0.316 e. The van der Waals surface area contributed by atoms with Crippen LogP contribution in [0.3, 0.4) is 0 Å². The van der Waals surface area contributed by atoms with Crippen LogP contribution in [0.2, 0.25) is 0 Å². The van der Waals surface area contributed by atoms with E-state index in [9.17, 15) is 12.8 Å². The van der Waals surface area contributed by atoms with Gasteiger partial charge in [0.15, 0.2) is 0 Å². The molecule has 2 atom stereocenters. The van der Waals surface area contributed by atoms with Crippen LogP contribution in [-0.2, 0) is 10.0 Å². The number of sulfonamides is 1. The van der Waals surface area contributed by atoms with Crippen LogP contribution < -0.4 is 10.0 Å². The summed E-state index contributed by atoms with van der Waals surface area (Å²) in [4.78, 5) is 0.122. The molecule has 0 aliphatic carbocycles. The topological polar surface area (TPSA) is 58.2 Å². The summed E-state index contributed by atoms with van der Waals surface area (Å²) in [6.45, 7) is 5.17. The maximum Gasteiger partial charge on any atom is 0.240 e. The first-order valence-corrected chi connectivity index (χ1v) is 7.87. The van der Waals surface area contributed by atoms with Crippen LogP contribution in [0, 0.1) is 18.7 Å². The van der Waals surface area contributed by atoms with Gasteiger partial charge in [-0.15, -0.1) is 0 Å². The van der Waals surface area contributed by atoms with E-state index in [0.717, 1.165) is 19.5 Å². The molecule has 1 fully saturated rings. The highest BCUT2D eigenvalue weighted by Crippen LogP contribution is 2.17. The number of aryl methyl sites for hydroxylation is 1. The third kappa shape index (κ3) is 3.32. The highest BCUT2D eigenvalue weighted by molar-refractivity contribution is 7.89. The highest BCUT2D eigenvalue weighted by Gasteiger charge is 2.26. The molecule has 1 heterocycles. The van der Waals surface area contributed by atoms with Gasteiger partial charge in [0, 0.05) is 6.04 Å². The molecule has 0 saturated carbocycles. The Balaban J connectivity index is 2.19. The minimum Gasteiger partial charge on any atom is -0.316 e. The maximum atomic E-state index is 13.2. The molecule has 2 rings (SSSR count). The van der Waals surface area contributed by atoms with E-state index in [-0.39, 0.29) is 16.9 Å². The lowest BCUT2D eigenvalue weighted by Gasteiger charge is -2.30. The monoisotopic (exact) mass is 286 g/mol. The lowest BCUT2D eigenvalue weighted by atomic mass is 9.97. The molecular weight excluding hydrogens is 267 g/mol. The second kappa shape index (κ2) is 5.56. The average molecular weight is 286 g/mol. The summed E-state index contributed by atoms with van der Waals surface area (Å²) in [5.74, 6) is -0.153. The zero-order chi connectivity index (χ0) is 14.0. The van der Waals surface area contributed by atoms with E-state index in [1.165, 1.54) is 18.2 Å². The Morgan fingerprint density at radius 1 is 1.42 bits per heavy atom. The Kier molecular flexibility index (Phi) is 4.23. The number of hydrogen-bond donors (Lipinski definition) is 2. The number of hydrogen-bond acceptors (Lipinski definition) is 3. The van der Waals surface area contributed by atoms with E-state index in [4.69, 9.17) is 0 Å². The highest BCUT2D eigenvalue weighted by atomic mass is 32.2. The van der Waals surface area contributed by atoms with E-state index in [0.29, 0.717) is 5.56 Å². The lowest BCUT2D eigenvalue weighted by Crippen LogP contribution is -2.48. The van der Waals surface area contributed by atoms with Crippen molar-refractivity contribution in [2.24, 2.45) is 5.92 Å². The summed E-state index contributed by atoms with van der Waals surface area (Å²) in [6.07, 6.45) is 0.764. The van der Waals surface area contributed by atoms with Crippen molar-refractivity contribution in [3.8, 4) is 0 Å². The second-order valence-electron chi connectivity index (χ2n) is 5.11. The fourth-order valence-electron chi connectivity index (χ4n) is 2.24. The van der Waals surface area contributed by atoms with E-state index < -0.39 is 15.8 Å². The molecule has 2 unspecified atom stereocenters. The van der Waals surface area contributed by atoms with Gasteiger partial charge in [0.1, 0.15) is 5.82 Å². The van der Waals surface area contributed by atoms with E-state index in [1.807, 2.05) is 6.92 Å². The normalized spacial score (nSPS) is 24.4. The average Bonchev–Trinajstić information content (AvgIpc) is 2.35. The second-order valence-corrected chi connectivity index (χ2v) is 6.82. The molecule has 0 spiro atoms. The third-order valence-electron chi connectivity index (χ3n) is 3.53. The van der Waals surface area contributed by atoms with E-state index >= 15 is 0 Å². The van der Waals surface area contributed by atoms with Gasteiger partial charge in [-0.25, -0.2) is 17.5 Å². The SMILES string of the molecule is Cc1cc(S(=O)(=O)NC2CCNCC2C)ccc1F. The fraction of sp³-hybridized carbons (Fsp3) is 0.538. The Morgan fingerprint density at radius 3 is 2.79 bits per heavy atom. The number of rotatable bonds is 3. The quantitative estimate of drug-likeness (QED) is 0.883. The van der Waals surface area contributed by atoms with Crippen LogP contribution in [-0.4, -0.2) is 27.5 Å². The molecule has 1 saturated heterocycles. The zero-order valence-corrected chi connectivity index (χ0v) is 11.9. The Labute approximate surface area is 113 Å². The fourth-order valence-corrected chi connectivity index (χ4v) is 3.70. The minimum absolute atomic E-state index is 0.0726. The molecule has 0 amide bonds. The van der Waals surface area contributed by atoms with Crippen LogP contribution in [0.25, 0.3) is 0 Å². The Bertz CT molecular complexity index is 560. The molecule has 0 bridgehead atoms. The van der Waals surface area contributed by atoms with Crippen molar-refractivity contribution >= 4 is 10.0 Å². The van der Waals surface area contributed by atoms with Gasteiger partial charge < -0.3 is 5.32 Å². The van der Waals surface area contributed by atoms with Gasteiger partial charge in [-0.3, -0.25) is 0 Å². The van der Waals surface area contributed by atoms with Gasteiger partial charge in [-0.1, -0.05) is 6.92 Å². The van der Waals surface area contributed by atoms with E-state index in [2.05, 4.69) is 10.0 Å². The molecule has 1 aromatic rings. The molecule has 106 valence electrons. The molecule has 4 nitrogen and oxygen atoms in total. The zero-order valence-electron chi connectivity index (χ0n) is 11.1. The van der Waals surface area contributed by atoms with Crippen LogP contribution in [0.1, 0.15) is 18.9 Å². The third-order valence-corrected chi connectivity index (χ3v) is 5.02. The van der Waals surface area contributed by atoms with Crippen molar-refractivity contribution in [1.82, 2.24) is 10.0 Å². The first-order valence-electron chi connectivity index (χ1n) is 6.39. The number of halogens is 1. The lowest BCUT2D eigenvalue weighted by molar-refractivity contribution is 0.328. The first-order chi connectivity index (χ1) is 8.90. The minimum atomic E-state index is -3.58. The van der Waals surface area contributed by atoms with Gasteiger partial charge in [-0.05, 0) is 56.1 Å². The maximum absolute atomic E-state index is 13.2. The van der Waals surface area contributed by atoms with Gasteiger partial charge >= 0.3 is 0 Å². The van der Waals surface area contributed by atoms with Crippen molar-refractivity contribution in [3.63, 3.8) is 0 Å². The smallest absolute Gasteiger partial charge is 0.240 e. The molecule has 1 aliphatic heterocycles. The Morgan fingerprint density at radius 2 is 2.16 bits per heavy atom. The molecule has 1 aliphatic rings. The van der Waals surface area contributed by atoms with Crippen LogP contribution in [0.5, 0.6) is 0 Å². The number of benzene rings is 1. The summed E-state index contributed by atoms with van der Waals surface area (Å²) in [6, 6.07) is 3.78. The summed E-state index contributed by atoms with van der Waals surface area (Å²) in [7, 11) is -3.58. The molecule has 19 heavy (non-hydrogen) atoms. The van der Waals surface area contributed by atoms with Crippen LogP contribution >= 0.6 is 0 Å². The van der Waals surface area contributed by atoms with Crippen LogP contribution in [0.15, 0.2) is 23.1 Å². The van der Waals surface area contributed by atoms with Crippen molar-refractivity contribution in [2.45, 2.75) is 31.2 Å². The van der Waals surface area contributed by atoms with E-state index in [1.54, 1.807) is 6.92 Å². The molecule has 1 aromatic carbocycles. The summed E-state index contributed by atoms with van der Waals surface area (Å²) in [5, 5.41) is 3.22. The van der Waals surface area contributed by atoms with Crippen molar-refractivity contribution < 1.29 is 12.8 Å². The number of nitrogens with one attached hydrogen (secondary N) is 2. The molecule has 2 N–H and O–H groups in total. The molecule has 6 heteroatoms. The Hall–Kier alpha value is -0.980. The van der Waals surface area contributed by atoms with Crippen molar-refractivity contribution in [1.29, 1.82) is 0 Å².